The summed E-state index contributed by atoms with van der Waals surface area (Å²) in [7, 11) is 1.05. The second-order valence-corrected chi connectivity index (χ2v) is 6.83. The fraction of sp³-hybridized carbons (Fsp3) is 0.462. The summed E-state index contributed by atoms with van der Waals surface area (Å²) in [5, 5.41) is 11.1. The molecule has 0 radical (unpaired) electrons. The van der Waals surface area contributed by atoms with Crippen LogP contribution in [0.4, 0.5) is 9.93 Å². The molecule has 0 aliphatic heterocycles. The molecule has 0 saturated heterocycles. The summed E-state index contributed by atoms with van der Waals surface area (Å²) in [6.07, 6.45) is 1.03. The predicted octanol–water partition coefficient (Wildman–Crippen LogP) is -4.39. The van der Waals surface area contributed by atoms with Crippen LogP contribution in [0.2, 0.25) is 0 Å². The molecule has 24 heavy (non-hydrogen) atoms. The zero-order valence-electron chi connectivity index (χ0n) is 16.3. The predicted molar refractivity (Wildman–Crippen MR) is 80.2 cm³/mol. The molecule has 1 aromatic heterocycles. The van der Waals surface area contributed by atoms with E-state index < -0.39 is 17.9 Å². The van der Waals surface area contributed by atoms with Crippen molar-refractivity contribution in [1.82, 2.24) is 9.88 Å². The quantitative estimate of drug-likeness (QED) is 0.379. The number of carbonyl (C=O) groups excluding carboxylic acids is 3. The molecule has 0 atom stereocenters. The fourth-order valence-corrected chi connectivity index (χ4v) is 3.09. The summed E-state index contributed by atoms with van der Waals surface area (Å²) < 4.78 is 0. The number of amides is 3. The third-order valence-electron chi connectivity index (χ3n) is 3.24. The molecule has 1 aliphatic rings. The average molecular weight is 373 g/mol. The number of imide groups is 1. The van der Waals surface area contributed by atoms with E-state index in [0.717, 1.165) is 18.4 Å². The van der Waals surface area contributed by atoms with Crippen molar-refractivity contribution in [3.8, 4) is 0 Å². The minimum Gasteiger partial charge on any atom is -1.00 e. The number of aromatic nitrogens is 1. The number of urea groups is 1. The van der Waals surface area contributed by atoms with E-state index in [0.29, 0.717) is 28.3 Å². The van der Waals surface area contributed by atoms with Crippen LogP contribution in [0.25, 0.3) is 0 Å². The second-order valence-electron chi connectivity index (χ2n) is 5.84. The standard InChI is InChI=1S/C13H15N3O5S.2Na.2H/c1-13(2)4-6-8(7(17)5-13)22-11(14-6)15-12(21)16(3)9(18)10(19)20;;;;/h4-5H2,1-3H3,(H,19,20)(H,14,15,21);;;;/q;2*+1;2*-1. The first kappa shape index (κ1) is 23.7. The van der Waals surface area contributed by atoms with Crippen LogP contribution in [0.3, 0.4) is 0 Å². The first-order valence-electron chi connectivity index (χ1n) is 6.45. The number of rotatable bonds is 1. The number of ketones is 1. The number of hydrogen-bond donors (Lipinski definition) is 2. The smallest absolute Gasteiger partial charge is 1.00 e. The summed E-state index contributed by atoms with van der Waals surface area (Å²) in [5.41, 5.74) is 0.434. The first-order chi connectivity index (χ1) is 10.1. The summed E-state index contributed by atoms with van der Waals surface area (Å²) in [6.45, 7) is 3.93. The van der Waals surface area contributed by atoms with E-state index in [-0.39, 0.29) is 78.3 Å². The topological polar surface area (TPSA) is 117 Å². The van der Waals surface area contributed by atoms with Crippen molar-refractivity contribution >= 4 is 40.2 Å². The minimum absolute atomic E-state index is 0. The summed E-state index contributed by atoms with van der Waals surface area (Å²) in [6, 6.07) is -0.912. The van der Waals surface area contributed by atoms with Gasteiger partial charge < -0.3 is 7.96 Å². The first-order valence-corrected chi connectivity index (χ1v) is 7.27. The van der Waals surface area contributed by atoms with Crippen LogP contribution >= 0.6 is 11.3 Å². The number of thiazole rings is 1. The van der Waals surface area contributed by atoms with Gasteiger partial charge in [-0.15, -0.1) is 0 Å². The molecule has 1 aliphatic carbocycles. The number of anilines is 1. The zero-order valence-corrected chi connectivity index (χ0v) is 19.1. The Hall–Kier alpha value is -0.290. The van der Waals surface area contributed by atoms with Gasteiger partial charge in [0, 0.05) is 13.5 Å². The van der Waals surface area contributed by atoms with Gasteiger partial charge in [-0.2, -0.15) is 0 Å². The molecule has 8 nitrogen and oxygen atoms in total. The van der Waals surface area contributed by atoms with E-state index in [2.05, 4.69) is 10.3 Å². The van der Waals surface area contributed by atoms with Crippen molar-refractivity contribution in [3.63, 3.8) is 0 Å². The van der Waals surface area contributed by atoms with Gasteiger partial charge in [-0.25, -0.2) is 14.6 Å². The Morgan fingerprint density at radius 3 is 2.42 bits per heavy atom. The molecule has 0 saturated carbocycles. The van der Waals surface area contributed by atoms with Crippen molar-refractivity contribution in [2.45, 2.75) is 26.7 Å². The Labute approximate surface area is 189 Å². The molecule has 3 amide bonds. The zero-order chi connectivity index (χ0) is 16.7. The van der Waals surface area contributed by atoms with Crippen molar-refractivity contribution in [3.05, 3.63) is 10.6 Å². The summed E-state index contributed by atoms with van der Waals surface area (Å²) in [4.78, 5) is 50.7. The maximum absolute atomic E-state index is 12.0. The molecule has 1 heterocycles. The molecule has 1 aromatic rings. The van der Waals surface area contributed by atoms with E-state index in [9.17, 15) is 19.2 Å². The molecule has 0 bridgehead atoms. The Bertz CT molecular complexity index is 699. The van der Waals surface area contributed by atoms with Gasteiger partial charge in [0.15, 0.2) is 10.9 Å². The van der Waals surface area contributed by atoms with Gasteiger partial charge >= 0.3 is 77.0 Å². The number of Topliss-reactive ketones (excluding diaryl/α,β-unsaturated/α-hetero) is 1. The Morgan fingerprint density at radius 1 is 1.29 bits per heavy atom. The Kier molecular flexibility index (Phi) is 8.78. The number of carboxylic acid groups (broad SMARTS) is 1. The monoisotopic (exact) mass is 373 g/mol. The van der Waals surface area contributed by atoms with Crippen molar-refractivity contribution < 1.29 is 86.3 Å². The van der Waals surface area contributed by atoms with E-state index >= 15 is 0 Å². The third kappa shape index (κ3) is 5.35. The van der Waals surface area contributed by atoms with Gasteiger partial charge in [0.25, 0.3) is 0 Å². The van der Waals surface area contributed by atoms with Crippen LogP contribution in [-0.4, -0.2) is 45.7 Å². The van der Waals surface area contributed by atoms with Gasteiger partial charge in [-0.1, -0.05) is 25.2 Å². The van der Waals surface area contributed by atoms with Gasteiger partial charge in [-0.05, 0) is 11.8 Å². The minimum atomic E-state index is -1.73. The summed E-state index contributed by atoms with van der Waals surface area (Å²) in [5.74, 6) is -3.11. The van der Waals surface area contributed by atoms with Gasteiger partial charge in [0.2, 0.25) is 0 Å². The van der Waals surface area contributed by atoms with Crippen molar-refractivity contribution in [2.75, 3.05) is 12.4 Å². The average Bonchev–Trinajstić information content (AvgIpc) is 2.77. The largest absolute Gasteiger partial charge is 1.00 e. The van der Waals surface area contributed by atoms with Gasteiger partial charge in [0.05, 0.1) is 10.6 Å². The molecule has 0 aromatic carbocycles. The molecule has 122 valence electrons. The van der Waals surface area contributed by atoms with E-state index in [4.69, 9.17) is 5.11 Å². The number of nitrogens with one attached hydrogen (secondary N) is 1. The van der Waals surface area contributed by atoms with Gasteiger partial charge in [0.1, 0.15) is 0 Å². The van der Waals surface area contributed by atoms with Crippen LogP contribution in [0.1, 0.15) is 38.5 Å². The number of carboxylic acids is 1. The molecule has 0 spiro atoms. The van der Waals surface area contributed by atoms with E-state index in [1.54, 1.807) is 0 Å². The Balaban J connectivity index is -0.00000132. The summed E-state index contributed by atoms with van der Waals surface area (Å²) >= 11 is 1.03. The molecule has 11 heteroatoms. The second kappa shape index (κ2) is 8.88. The normalized spacial score (nSPS) is 14.5. The molecular formula is C13H17N3Na2O5S. The van der Waals surface area contributed by atoms with Crippen LogP contribution < -0.4 is 64.4 Å². The molecule has 2 rings (SSSR count). The van der Waals surface area contributed by atoms with E-state index in [1.165, 1.54) is 0 Å². The Morgan fingerprint density at radius 2 is 1.88 bits per heavy atom. The molecule has 0 unspecified atom stereocenters. The number of nitrogens with zero attached hydrogens (tertiary/aromatic N) is 2. The van der Waals surface area contributed by atoms with E-state index in [1.807, 2.05) is 13.8 Å². The SMILES string of the molecule is CN(C(=O)Nc1nc2c(s1)C(=O)CC(C)(C)C2)C(=O)C(=O)O.[H-].[H-].[Na+].[Na+]. The van der Waals surface area contributed by atoms with Crippen LogP contribution in [-0.2, 0) is 16.0 Å². The fourth-order valence-electron chi connectivity index (χ4n) is 2.18. The number of likely N-dealkylation sites (N-methyl/N-ethyl adjacent to an activating group) is 1. The molecule has 2 N–H and O–H groups in total. The number of carbonyl (C=O) groups is 4. The maximum atomic E-state index is 12.0. The number of fused-ring (bicyclic) bond motifs is 1. The maximum Gasteiger partial charge on any atom is 1.00 e. The molecular weight excluding hydrogens is 356 g/mol. The number of hydrogen-bond acceptors (Lipinski definition) is 6. The number of aliphatic carboxylic acids is 1. The third-order valence-corrected chi connectivity index (χ3v) is 4.30. The van der Waals surface area contributed by atoms with Crippen molar-refractivity contribution in [2.24, 2.45) is 5.41 Å². The van der Waals surface area contributed by atoms with Crippen LogP contribution in [0.5, 0.6) is 0 Å². The van der Waals surface area contributed by atoms with Gasteiger partial charge in [-0.3, -0.25) is 19.8 Å². The molecule has 0 fully saturated rings. The van der Waals surface area contributed by atoms with Crippen LogP contribution in [0, 0.1) is 5.41 Å². The van der Waals surface area contributed by atoms with Crippen LogP contribution in [0.15, 0.2) is 0 Å². The van der Waals surface area contributed by atoms with Crippen molar-refractivity contribution in [1.29, 1.82) is 0 Å².